The molecule has 0 saturated carbocycles. The maximum atomic E-state index is 12.1. The second kappa shape index (κ2) is 7.90. The van der Waals surface area contributed by atoms with Crippen molar-refractivity contribution in [3.63, 3.8) is 0 Å². The first kappa shape index (κ1) is 14.9. The van der Waals surface area contributed by atoms with E-state index in [1.54, 1.807) is 0 Å². The van der Waals surface area contributed by atoms with Gasteiger partial charge in [0.15, 0.2) is 0 Å². The Bertz CT molecular complexity index is 427. The number of amides is 1. The van der Waals surface area contributed by atoms with E-state index in [0.717, 1.165) is 50.4 Å². The molecule has 1 saturated heterocycles. The molecule has 1 aromatic carbocycles. The molecule has 4 heteroatoms. The van der Waals surface area contributed by atoms with Crippen LogP contribution >= 0.6 is 0 Å². The lowest BCUT2D eigenvalue weighted by Crippen LogP contribution is -2.43. The Morgan fingerprint density at radius 1 is 1.30 bits per heavy atom. The summed E-state index contributed by atoms with van der Waals surface area (Å²) < 4.78 is 0. The van der Waals surface area contributed by atoms with Gasteiger partial charge < -0.3 is 15.5 Å². The van der Waals surface area contributed by atoms with Crippen LogP contribution in [0, 0.1) is 0 Å². The van der Waals surface area contributed by atoms with Crippen LogP contribution in [0.1, 0.15) is 36.5 Å². The highest BCUT2D eigenvalue weighted by Gasteiger charge is 2.12. The summed E-state index contributed by atoms with van der Waals surface area (Å²) in [5.74, 6) is 0.0399. The molecule has 1 amide bonds. The minimum atomic E-state index is 0.0399. The van der Waals surface area contributed by atoms with Crippen molar-refractivity contribution in [2.75, 3.05) is 37.6 Å². The van der Waals surface area contributed by atoms with Crippen molar-refractivity contribution in [2.24, 2.45) is 0 Å². The zero-order valence-electron chi connectivity index (χ0n) is 12.3. The molecule has 110 valence electrons. The molecule has 1 aliphatic rings. The Morgan fingerprint density at radius 2 is 2.10 bits per heavy atom. The Kier molecular flexibility index (Phi) is 5.87. The average molecular weight is 275 g/mol. The number of unbranched alkanes of at least 4 members (excludes halogenated alkanes) is 2. The van der Waals surface area contributed by atoms with Gasteiger partial charge in [0.25, 0.3) is 5.91 Å². The number of nitrogens with one attached hydrogen (secondary N) is 2. The molecule has 0 atom stereocenters. The summed E-state index contributed by atoms with van der Waals surface area (Å²) >= 11 is 0. The maximum Gasteiger partial charge on any atom is 0.251 e. The van der Waals surface area contributed by atoms with Crippen LogP contribution in [0.5, 0.6) is 0 Å². The fraction of sp³-hybridized carbons (Fsp3) is 0.562. The van der Waals surface area contributed by atoms with Crippen molar-refractivity contribution in [1.82, 2.24) is 10.6 Å². The summed E-state index contributed by atoms with van der Waals surface area (Å²) in [6.45, 7) is 6.95. The number of nitrogens with zero attached hydrogens (tertiary/aromatic N) is 1. The van der Waals surface area contributed by atoms with Gasteiger partial charge in [-0.2, -0.15) is 0 Å². The highest BCUT2D eigenvalue weighted by molar-refractivity contribution is 5.95. The quantitative estimate of drug-likeness (QED) is 0.781. The van der Waals surface area contributed by atoms with E-state index in [9.17, 15) is 4.79 Å². The number of carbonyl (C=O) groups is 1. The molecule has 1 aliphatic heterocycles. The Morgan fingerprint density at radius 3 is 2.85 bits per heavy atom. The van der Waals surface area contributed by atoms with Gasteiger partial charge in [0, 0.05) is 44.0 Å². The van der Waals surface area contributed by atoms with Crippen molar-refractivity contribution in [2.45, 2.75) is 26.2 Å². The summed E-state index contributed by atoms with van der Waals surface area (Å²) in [4.78, 5) is 14.4. The van der Waals surface area contributed by atoms with Gasteiger partial charge in [-0.05, 0) is 24.6 Å². The lowest BCUT2D eigenvalue weighted by Gasteiger charge is -2.29. The molecule has 0 spiro atoms. The van der Waals surface area contributed by atoms with E-state index in [0.29, 0.717) is 0 Å². The summed E-state index contributed by atoms with van der Waals surface area (Å²) in [5.41, 5.74) is 1.91. The summed E-state index contributed by atoms with van der Waals surface area (Å²) in [7, 11) is 0. The van der Waals surface area contributed by atoms with E-state index in [-0.39, 0.29) is 5.91 Å². The third kappa shape index (κ3) is 4.23. The molecule has 1 fully saturated rings. The molecule has 0 radical (unpaired) electrons. The van der Waals surface area contributed by atoms with Gasteiger partial charge in [-0.1, -0.05) is 25.8 Å². The number of benzene rings is 1. The average Bonchev–Trinajstić information content (AvgIpc) is 2.52. The van der Waals surface area contributed by atoms with Crippen LogP contribution in [0.4, 0.5) is 5.69 Å². The molecule has 1 aromatic rings. The molecule has 0 aliphatic carbocycles. The number of hydrogen-bond donors (Lipinski definition) is 2. The van der Waals surface area contributed by atoms with Gasteiger partial charge in [-0.3, -0.25) is 4.79 Å². The molecule has 4 nitrogen and oxygen atoms in total. The Labute approximate surface area is 121 Å². The van der Waals surface area contributed by atoms with Crippen molar-refractivity contribution < 1.29 is 4.79 Å². The molecule has 0 bridgehead atoms. The standard InChI is InChI=1S/C16H25N3O/c1-2-3-4-8-18-16(20)14-6-5-7-15(13-14)19-11-9-17-10-12-19/h5-7,13,17H,2-4,8-12H2,1H3,(H,18,20). The van der Waals surface area contributed by atoms with Crippen molar-refractivity contribution in [1.29, 1.82) is 0 Å². The fourth-order valence-electron chi connectivity index (χ4n) is 2.45. The van der Waals surface area contributed by atoms with E-state index in [4.69, 9.17) is 0 Å². The monoisotopic (exact) mass is 275 g/mol. The second-order valence-corrected chi connectivity index (χ2v) is 5.25. The van der Waals surface area contributed by atoms with E-state index < -0.39 is 0 Å². The van der Waals surface area contributed by atoms with Crippen molar-refractivity contribution in [3.8, 4) is 0 Å². The van der Waals surface area contributed by atoms with Gasteiger partial charge in [0.05, 0.1) is 0 Å². The zero-order valence-corrected chi connectivity index (χ0v) is 12.3. The number of piperazine rings is 1. The predicted octanol–water partition coefficient (Wildman–Crippen LogP) is 2.02. The lowest BCUT2D eigenvalue weighted by molar-refractivity contribution is 0.0953. The van der Waals surface area contributed by atoms with E-state index in [1.165, 1.54) is 12.8 Å². The van der Waals surface area contributed by atoms with Gasteiger partial charge in [0.1, 0.15) is 0 Å². The highest BCUT2D eigenvalue weighted by Crippen LogP contribution is 2.16. The van der Waals surface area contributed by atoms with Crippen LogP contribution in [0.3, 0.4) is 0 Å². The lowest BCUT2D eigenvalue weighted by atomic mass is 10.1. The molecular weight excluding hydrogens is 250 g/mol. The van der Waals surface area contributed by atoms with Crippen LogP contribution in [-0.2, 0) is 0 Å². The Balaban J connectivity index is 1.92. The van der Waals surface area contributed by atoms with Crippen LogP contribution in [-0.4, -0.2) is 38.6 Å². The molecule has 1 heterocycles. The summed E-state index contributed by atoms with van der Waals surface area (Å²) in [6.07, 6.45) is 3.40. The van der Waals surface area contributed by atoms with Crippen LogP contribution in [0.15, 0.2) is 24.3 Å². The van der Waals surface area contributed by atoms with Gasteiger partial charge in [0.2, 0.25) is 0 Å². The summed E-state index contributed by atoms with van der Waals surface area (Å²) in [5, 5.41) is 6.33. The molecule has 2 N–H and O–H groups in total. The highest BCUT2D eigenvalue weighted by atomic mass is 16.1. The second-order valence-electron chi connectivity index (χ2n) is 5.25. The predicted molar refractivity (Wildman–Crippen MR) is 83.4 cm³/mol. The fourth-order valence-corrected chi connectivity index (χ4v) is 2.45. The Hall–Kier alpha value is -1.55. The SMILES string of the molecule is CCCCCNC(=O)c1cccc(N2CCNCC2)c1. The van der Waals surface area contributed by atoms with Gasteiger partial charge in [-0.15, -0.1) is 0 Å². The van der Waals surface area contributed by atoms with Gasteiger partial charge in [-0.25, -0.2) is 0 Å². The third-order valence-corrected chi connectivity index (χ3v) is 3.66. The normalized spacial score (nSPS) is 15.2. The summed E-state index contributed by atoms with van der Waals surface area (Å²) in [6, 6.07) is 7.94. The largest absolute Gasteiger partial charge is 0.369 e. The van der Waals surface area contributed by atoms with E-state index in [2.05, 4.69) is 28.5 Å². The van der Waals surface area contributed by atoms with E-state index >= 15 is 0 Å². The third-order valence-electron chi connectivity index (χ3n) is 3.66. The molecule has 0 unspecified atom stereocenters. The zero-order chi connectivity index (χ0) is 14.2. The van der Waals surface area contributed by atoms with Gasteiger partial charge >= 0.3 is 0 Å². The molecule has 2 rings (SSSR count). The topological polar surface area (TPSA) is 44.4 Å². The minimum absolute atomic E-state index is 0.0399. The molecular formula is C16H25N3O. The van der Waals surface area contributed by atoms with E-state index in [1.807, 2.05) is 18.2 Å². The smallest absolute Gasteiger partial charge is 0.251 e. The first-order valence-electron chi connectivity index (χ1n) is 7.65. The number of carbonyl (C=O) groups excluding carboxylic acids is 1. The molecule has 0 aromatic heterocycles. The minimum Gasteiger partial charge on any atom is -0.369 e. The first-order valence-corrected chi connectivity index (χ1v) is 7.65. The maximum absolute atomic E-state index is 12.1. The molecule has 20 heavy (non-hydrogen) atoms. The number of rotatable bonds is 6. The number of anilines is 1. The number of hydrogen-bond acceptors (Lipinski definition) is 3. The van der Waals surface area contributed by atoms with Crippen LogP contribution in [0.2, 0.25) is 0 Å². The van der Waals surface area contributed by atoms with Crippen LogP contribution in [0.25, 0.3) is 0 Å². The first-order chi connectivity index (χ1) is 9.81. The van der Waals surface area contributed by atoms with Crippen molar-refractivity contribution >= 4 is 11.6 Å². The van der Waals surface area contributed by atoms with Crippen LogP contribution < -0.4 is 15.5 Å². The van der Waals surface area contributed by atoms with Crippen molar-refractivity contribution in [3.05, 3.63) is 29.8 Å².